The number of ether oxygens (including phenoxy) is 1. The molecule has 152 valence electrons. The van der Waals surface area contributed by atoms with Crippen LogP contribution in [-0.4, -0.2) is 18.0 Å². The number of hydrogen-bond acceptors (Lipinski definition) is 6. The van der Waals surface area contributed by atoms with Gasteiger partial charge >= 0.3 is 5.63 Å². The molecule has 2 aromatic carbocycles. The summed E-state index contributed by atoms with van der Waals surface area (Å²) in [5.41, 5.74) is 1.38. The fourth-order valence-corrected chi connectivity index (χ4v) is 4.21. The highest BCUT2D eigenvalue weighted by molar-refractivity contribution is 9.10. The first kappa shape index (κ1) is 20.3. The highest BCUT2D eigenvalue weighted by atomic mass is 79.9. The van der Waals surface area contributed by atoms with E-state index in [1.54, 1.807) is 25.3 Å². The van der Waals surface area contributed by atoms with E-state index in [9.17, 15) is 9.59 Å². The summed E-state index contributed by atoms with van der Waals surface area (Å²) < 4.78 is 11.5. The Kier molecular flexibility index (Phi) is 5.69. The number of aromatic nitrogens is 1. The van der Waals surface area contributed by atoms with E-state index >= 15 is 0 Å². The monoisotopic (exact) mass is 484 g/mol. The molecule has 4 aromatic rings. The minimum absolute atomic E-state index is 0.0887. The minimum Gasteiger partial charge on any atom is -0.497 e. The van der Waals surface area contributed by atoms with Gasteiger partial charge in [-0.25, -0.2) is 9.78 Å². The van der Waals surface area contributed by atoms with Crippen molar-refractivity contribution in [3.05, 3.63) is 73.9 Å². The number of hydrogen-bond donors (Lipinski definition) is 1. The van der Waals surface area contributed by atoms with E-state index in [4.69, 9.17) is 9.15 Å². The summed E-state index contributed by atoms with van der Waals surface area (Å²) in [6, 6.07) is 14.4. The summed E-state index contributed by atoms with van der Waals surface area (Å²) in [6.45, 7) is 2.03. The van der Waals surface area contributed by atoms with Gasteiger partial charge in [-0.2, -0.15) is 0 Å². The first-order chi connectivity index (χ1) is 14.5. The second kappa shape index (κ2) is 8.41. The van der Waals surface area contributed by atoms with Gasteiger partial charge < -0.3 is 9.15 Å². The highest BCUT2D eigenvalue weighted by Gasteiger charge is 2.18. The Balaban J connectivity index is 1.66. The van der Waals surface area contributed by atoms with Crippen LogP contribution in [0.3, 0.4) is 0 Å². The third kappa shape index (κ3) is 4.01. The Morgan fingerprint density at radius 1 is 1.20 bits per heavy atom. The average molecular weight is 485 g/mol. The molecule has 0 saturated carbocycles. The van der Waals surface area contributed by atoms with E-state index in [1.807, 2.05) is 31.2 Å². The molecule has 0 atom stereocenters. The molecule has 0 saturated heterocycles. The fourth-order valence-electron chi connectivity index (χ4n) is 3.03. The SMILES string of the molecule is CCc1sc(NC(=O)c2cc3cc(OC)ccc3oc2=O)nc1-c1ccc(Br)cc1. The van der Waals surface area contributed by atoms with Crippen molar-refractivity contribution in [2.45, 2.75) is 13.3 Å². The topological polar surface area (TPSA) is 81.4 Å². The van der Waals surface area contributed by atoms with Crippen molar-refractivity contribution < 1.29 is 13.9 Å². The Hall–Kier alpha value is -2.97. The van der Waals surface area contributed by atoms with Gasteiger partial charge in [-0.15, -0.1) is 11.3 Å². The number of carbonyl (C=O) groups is 1. The number of methoxy groups -OCH3 is 1. The summed E-state index contributed by atoms with van der Waals surface area (Å²) in [4.78, 5) is 30.7. The number of rotatable bonds is 5. The van der Waals surface area contributed by atoms with E-state index in [-0.39, 0.29) is 5.56 Å². The number of thiazole rings is 1. The molecule has 0 unspecified atom stereocenters. The van der Waals surface area contributed by atoms with Gasteiger partial charge in [-0.1, -0.05) is 35.0 Å². The smallest absolute Gasteiger partial charge is 0.349 e. The average Bonchev–Trinajstić information content (AvgIpc) is 3.16. The molecule has 0 bridgehead atoms. The van der Waals surface area contributed by atoms with Crippen LogP contribution in [0, 0.1) is 0 Å². The number of aryl methyl sites for hydroxylation is 1. The predicted molar refractivity (Wildman–Crippen MR) is 122 cm³/mol. The second-order valence-corrected chi connectivity index (χ2v) is 8.46. The van der Waals surface area contributed by atoms with E-state index in [0.717, 1.165) is 27.0 Å². The van der Waals surface area contributed by atoms with Gasteiger partial charge in [0.2, 0.25) is 0 Å². The normalized spacial score (nSPS) is 10.9. The van der Waals surface area contributed by atoms with Crippen molar-refractivity contribution in [1.29, 1.82) is 0 Å². The summed E-state index contributed by atoms with van der Waals surface area (Å²) >= 11 is 4.82. The maximum Gasteiger partial charge on any atom is 0.349 e. The third-order valence-electron chi connectivity index (χ3n) is 4.54. The lowest BCUT2D eigenvalue weighted by molar-refractivity contribution is 0.102. The van der Waals surface area contributed by atoms with Crippen molar-refractivity contribution in [3.8, 4) is 17.0 Å². The Morgan fingerprint density at radius 2 is 1.97 bits per heavy atom. The van der Waals surface area contributed by atoms with Crippen LogP contribution >= 0.6 is 27.3 Å². The molecule has 8 heteroatoms. The first-order valence-corrected chi connectivity index (χ1v) is 10.8. The number of nitrogens with one attached hydrogen (secondary N) is 1. The van der Waals surface area contributed by atoms with Crippen molar-refractivity contribution in [3.63, 3.8) is 0 Å². The van der Waals surface area contributed by atoms with Gasteiger partial charge in [0.15, 0.2) is 5.13 Å². The minimum atomic E-state index is -0.703. The third-order valence-corrected chi connectivity index (χ3v) is 6.18. The predicted octanol–water partition coefficient (Wildman–Crippen LogP) is 5.50. The van der Waals surface area contributed by atoms with Crippen LogP contribution in [-0.2, 0) is 6.42 Å². The van der Waals surface area contributed by atoms with Crippen LogP contribution in [0.25, 0.3) is 22.2 Å². The summed E-state index contributed by atoms with van der Waals surface area (Å²) in [5, 5.41) is 3.77. The lowest BCUT2D eigenvalue weighted by Crippen LogP contribution is -2.20. The molecule has 0 spiro atoms. The Morgan fingerprint density at radius 3 is 2.67 bits per heavy atom. The van der Waals surface area contributed by atoms with Crippen LogP contribution < -0.4 is 15.7 Å². The Labute approximate surface area is 184 Å². The van der Waals surface area contributed by atoms with Gasteiger partial charge in [0.1, 0.15) is 16.9 Å². The van der Waals surface area contributed by atoms with E-state index in [0.29, 0.717) is 21.9 Å². The second-order valence-electron chi connectivity index (χ2n) is 6.46. The molecule has 0 radical (unpaired) electrons. The number of benzene rings is 2. The fraction of sp³-hybridized carbons (Fsp3) is 0.136. The van der Waals surface area contributed by atoms with Gasteiger partial charge in [0.25, 0.3) is 5.91 Å². The summed E-state index contributed by atoms with van der Waals surface area (Å²) in [7, 11) is 1.55. The van der Waals surface area contributed by atoms with Crippen LogP contribution in [0.15, 0.2) is 62.2 Å². The molecule has 2 aromatic heterocycles. The zero-order valence-corrected chi connectivity index (χ0v) is 18.6. The molecule has 1 amide bonds. The molecule has 0 aliphatic heterocycles. The van der Waals surface area contributed by atoms with Gasteiger partial charge in [0.05, 0.1) is 12.8 Å². The summed E-state index contributed by atoms with van der Waals surface area (Å²) in [5.74, 6) is 0.0431. The maximum absolute atomic E-state index is 12.8. The van der Waals surface area contributed by atoms with E-state index < -0.39 is 11.5 Å². The number of amides is 1. The van der Waals surface area contributed by atoms with Gasteiger partial charge in [-0.05, 0) is 42.8 Å². The number of fused-ring (bicyclic) bond motifs is 1. The molecular formula is C22H17BrN2O4S. The zero-order valence-electron chi connectivity index (χ0n) is 16.2. The van der Waals surface area contributed by atoms with E-state index in [2.05, 4.69) is 26.2 Å². The molecule has 0 aliphatic rings. The van der Waals surface area contributed by atoms with Gasteiger partial charge in [0, 0.05) is 20.3 Å². The standard InChI is InChI=1S/C22H17BrN2O4S/c1-3-18-19(12-4-6-14(23)7-5-12)24-22(30-18)25-20(26)16-11-13-10-15(28-2)8-9-17(13)29-21(16)27/h4-11H,3H2,1-2H3,(H,24,25,26). The summed E-state index contributed by atoms with van der Waals surface area (Å²) in [6.07, 6.45) is 0.775. The van der Waals surface area contributed by atoms with Crippen molar-refractivity contribution in [2.75, 3.05) is 12.4 Å². The maximum atomic E-state index is 12.8. The van der Waals surface area contributed by atoms with Crippen LogP contribution in [0.4, 0.5) is 5.13 Å². The molecule has 2 heterocycles. The number of halogens is 1. The molecule has 0 fully saturated rings. The molecule has 6 nitrogen and oxygen atoms in total. The lowest BCUT2D eigenvalue weighted by Gasteiger charge is -2.04. The van der Waals surface area contributed by atoms with E-state index in [1.165, 1.54) is 17.4 Å². The quantitative estimate of drug-likeness (QED) is 0.378. The molecule has 0 aliphatic carbocycles. The molecule has 30 heavy (non-hydrogen) atoms. The number of nitrogens with zero attached hydrogens (tertiary/aromatic N) is 1. The number of anilines is 1. The van der Waals surface area contributed by atoms with Crippen LogP contribution in [0.1, 0.15) is 22.2 Å². The first-order valence-electron chi connectivity index (χ1n) is 9.17. The van der Waals surface area contributed by atoms with Crippen molar-refractivity contribution in [2.24, 2.45) is 0 Å². The zero-order chi connectivity index (χ0) is 21.3. The highest BCUT2D eigenvalue weighted by Crippen LogP contribution is 2.32. The molecular weight excluding hydrogens is 468 g/mol. The van der Waals surface area contributed by atoms with Gasteiger partial charge in [-0.3, -0.25) is 10.1 Å². The van der Waals surface area contributed by atoms with Crippen LogP contribution in [0.2, 0.25) is 0 Å². The number of carbonyl (C=O) groups excluding carboxylic acids is 1. The van der Waals surface area contributed by atoms with Crippen LogP contribution in [0.5, 0.6) is 5.75 Å². The lowest BCUT2D eigenvalue weighted by atomic mass is 10.1. The largest absolute Gasteiger partial charge is 0.497 e. The van der Waals surface area contributed by atoms with Crippen molar-refractivity contribution >= 4 is 49.3 Å². The molecule has 4 rings (SSSR count). The molecule has 1 N–H and O–H groups in total. The van der Waals surface area contributed by atoms with Crippen molar-refractivity contribution in [1.82, 2.24) is 4.98 Å². The Bertz CT molecular complexity index is 1290.